The Kier molecular flexibility index (Phi) is 17.8. The maximum Gasteiger partial charge on any atom is 0.201 e. The SMILES string of the molecule is COc1ccc2cc1Oc1ccc(cc1)CC1c3cc(c(OC)cc3CC[N+]1(C)CCCCCCCCCC(=O)[O-])Oc1c(O)c(OC)cc3c1C(C2)[N+](C)(CCCCCCCCCC(=O)[O-])CC3. The number of phenols is 1. The Morgan fingerprint density at radius 3 is 1.65 bits per heavy atom. The lowest BCUT2D eigenvalue weighted by atomic mass is 9.84. The Morgan fingerprint density at radius 1 is 0.580 bits per heavy atom. The van der Waals surface area contributed by atoms with Gasteiger partial charge in [0.1, 0.15) is 17.8 Å². The Morgan fingerprint density at radius 2 is 1.07 bits per heavy atom. The van der Waals surface area contributed by atoms with Crippen LogP contribution >= 0.6 is 0 Å². The van der Waals surface area contributed by atoms with Crippen molar-refractivity contribution in [3.63, 3.8) is 0 Å². The molecule has 0 aromatic heterocycles. The van der Waals surface area contributed by atoms with Gasteiger partial charge in [0.2, 0.25) is 5.75 Å². The van der Waals surface area contributed by atoms with Crippen LogP contribution in [0.25, 0.3) is 0 Å². The molecule has 4 heterocycles. The molecule has 0 radical (unpaired) electrons. The third-order valence-corrected chi connectivity index (χ3v) is 15.5. The second-order valence-electron chi connectivity index (χ2n) is 20.4. The van der Waals surface area contributed by atoms with Crippen LogP contribution in [0.5, 0.6) is 46.0 Å². The minimum absolute atomic E-state index is 0.0306. The molecule has 0 fully saturated rings. The summed E-state index contributed by atoms with van der Waals surface area (Å²) in [5, 5.41) is 34.0. The van der Waals surface area contributed by atoms with Crippen LogP contribution in [0.3, 0.4) is 0 Å². The molecule has 0 aliphatic carbocycles. The number of phenolic OH excluding ortho intramolecular Hbond substituents is 1. The second kappa shape index (κ2) is 23.9. The number of hydrogen-bond acceptors (Lipinski definition) is 10. The number of quaternary nitrogens is 2. The van der Waals surface area contributed by atoms with Gasteiger partial charge in [-0.05, 0) is 116 Å². The molecule has 69 heavy (non-hydrogen) atoms. The molecule has 4 aliphatic rings. The number of rotatable bonds is 23. The first-order valence-electron chi connectivity index (χ1n) is 25.7. The molecular weight excluding hydrogens is 873 g/mol. The van der Waals surface area contributed by atoms with Gasteiger partial charge < -0.3 is 57.6 Å². The van der Waals surface area contributed by atoms with Crippen molar-refractivity contribution in [2.45, 2.75) is 141 Å². The summed E-state index contributed by atoms with van der Waals surface area (Å²) < 4.78 is 33.4. The van der Waals surface area contributed by atoms with E-state index in [4.69, 9.17) is 23.7 Å². The number of methoxy groups -OCH3 is 3. The van der Waals surface area contributed by atoms with Crippen molar-refractivity contribution in [3.05, 3.63) is 94.0 Å². The Labute approximate surface area is 410 Å². The van der Waals surface area contributed by atoms with Gasteiger partial charge in [-0.15, -0.1) is 0 Å². The minimum Gasteiger partial charge on any atom is -0.550 e. The zero-order chi connectivity index (χ0) is 49.0. The largest absolute Gasteiger partial charge is 0.550 e. The number of ether oxygens (including phenoxy) is 5. The van der Waals surface area contributed by atoms with E-state index in [2.05, 4.69) is 62.6 Å². The number of benzene rings is 4. The Hall–Kier alpha value is -5.46. The maximum atomic E-state index is 12.3. The molecule has 12 nitrogen and oxygen atoms in total. The van der Waals surface area contributed by atoms with Crippen LogP contribution in [0.1, 0.15) is 148 Å². The highest BCUT2D eigenvalue weighted by molar-refractivity contribution is 5.64. The normalized spacial score (nSPS) is 20.4. The number of carboxylic acid groups (broad SMARTS) is 2. The standard InChI is InChI=1S/C57H76N2O10/c1-58(30-18-14-10-6-8-12-16-20-53(60)61)32-28-42-37-49(66-4)51-39-45(42)46(58)34-40-22-25-44(26-23-40)68-50-36-41(24-27-48(50)65-3)35-47-55-43(38-52(67-5)56(64)57(55)69-51)29-33-59(47,2)31-19-15-11-7-9-13-17-21-54(62)63/h22-27,36-39,46-47H,6-21,28-35H2,1-5H3,(H-2,60,61,62,63,64). The highest BCUT2D eigenvalue weighted by Crippen LogP contribution is 2.53. The van der Waals surface area contributed by atoms with Crippen LogP contribution in [-0.2, 0) is 35.3 Å². The van der Waals surface area contributed by atoms with Gasteiger partial charge in [-0.3, -0.25) is 0 Å². The summed E-state index contributed by atoms with van der Waals surface area (Å²) in [6.45, 7) is 3.82. The number of carbonyl (C=O) groups excluding carboxylic acids is 2. The summed E-state index contributed by atoms with van der Waals surface area (Å²) in [5.74, 6) is 2.02. The molecule has 8 rings (SSSR count). The number of aliphatic carboxylic acids is 2. The van der Waals surface area contributed by atoms with E-state index in [0.717, 1.165) is 154 Å². The first kappa shape index (κ1) is 51.4. The monoisotopic (exact) mass is 949 g/mol. The number of likely N-dealkylation sites (N-methyl/N-ethyl adjacent to an activating group) is 2. The van der Waals surface area contributed by atoms with Gasteiger partial charge in [0.05, 0.1) is 67.2 Å². The van der Waals surface area contributed by atoms with Gasteiger partial charge >= 0.3 is 0 Å². The third-order valence-electron chi connectivity index (χ3n) is 15.5. The quantitative estimate of drug-likeness (QED) is 0.0564. The van der Waals surface area contributed by atoms with Crippen LogP contribution in [0.4, 0.5) is 0 Å². The van der Waals surface area contributed by atoms with E-state index in [1.54, 1.807) is 21.3 Å². The zero-order valence-electron chi connectivity index (χ0n) is 41.9. The average molecular weight is 949 g/mol. The number of unbranched alkanes of at least 4 members (excludes halogenated alkanes) is 12. The lowest BCUT2D eigenvalue weighted by molar-refractivity contribution is -0.941. The summed E-state index contributed by atoms with van der Waals surface area (Å²) in [7, 11) is 9.69. The Balaban J connectivity index is 1.26. The van der Waals surface area contributed by atoms with E-state index < -0.39 is 11.9 Å². The van der Waals surface area contributed by atoms with Crippen molar-refractivity contribution >= 4 is 11.9 Å². The van der Waals surface area contributed by atoms with Gasteiger partial charge in [-0.1, -0.05) is 69.6 Å². The number of carbonyl (C=O) groups is 2. The number of nitrogens with zero attached hydrogens (tertiary/aromatic N) is 2. The average Bonchev–Trinajstić information content (AvgIpc) is 3.33. The van der Waals surface area contributed by atoms with Crippen LogP contribution in [0.2, 0.25) is 0 Å². The molecule has 4 aromatic carbocycles. The number of hydrogen-bond donors (Lipinski definition) is 1. The summed E-state index contributed by atoms with van der Waals surface area (Å²) in [6, 6.07) is 21.0. The van der Waals surface area contributed by atoms with E-state index >= 15 is 0 Å². The first-order chi connectivity index (χ1) is 33.3. The third kappa shape index (κ3) is 12.9. The molecule has 4 unspecified atom stereocenters. The second-order valence-corrected chi connectivity index (χ2v) is 20.4. The fraction of sp³-hybridized carbons (Fsp3) is 0.544. The zero-order valence-corrected chi connectivity index (χ0v) is 41.9. The van der Waals surface area contributed by atoms with E-state index in [1.807, 2.05) is 12.1 Å². The van der Waals surface area contributed by atoms with Crippen molar-refractivity contribution in [1.29, 1.82) is 0 Å². The van der Waals surface area contributed by atoms with Crippen LogP contribution in [0, 0.1) is 0 Å². The van der Waals surface area contributed by atoms with Crippen molar-refractivity contribution < 1.29 is 57.6 Å². The van der Waals surface area contributed by atoms with Gasteiger partial charge in [0, 0.05) is 43.2 Å². The maximum absolute atomic E-state index is 12.3. The molecular formula is C57H76N2O10. The summed E-state index contributed by atoms with van der Waals surface area (Å²) in [5.41, 5.74) is 6.80. The molecule has 12 heteroatoms. The molecule has 4 atom stereocenters. The smallest absolute Gasteiger partial charge is 0.201 e. The molecule has 4 aromatic rings. The Bertz CT molecular complexity index is 2370. The van der Waals surface area contributed by atoms with Crippen LogP contribution < -0.4 is 33.9 Å². The van der Waals surface area contributed by atoms with E-state index in [1.165, 1.54) is 16.7 Å². The van der Waals surface area contributed by atoms with Crippen LogP contribution in [0.15, 0.2) is 60.7 Å². The lowest BCUT2D eigenvalue weighted by Crippen LogP contribution is -2.52. The van der Waals surface area contributed by atoms with E-state index in [-0.39, 0.29) is 30.7 Å². The molecule has 374 valence electrons. The molecule has 0 saturated carbocycles. The highest BCUT2D eigenvalue weighted by atomic mass is 16.5. The molecule has 4 aliphatic heterocycles. The summed E-state index contributed by atoms with van der Waals surface area (Å²) in [6.07, 6.45) is 17.3. The summed E-state index contributed by atoms with van der Waals surface area (Å²) in [4.78, 5) is 21.7. The fourth-order valence-corrected chi connectivity index (χ4v) is 11.4. The topological polar surface area (TPSA) is 147 Å². The summed E-state index contributed by atoms with van der Waals surface area (Å²) >= 11 is 0. The number of fused-ring (bicyclic) bond motifs is 2. The van der Waals surface area contributed by atoms with Crippen molar-refractivity contribution in [3.8, 4) is 46.0 Å². The minimum atomic E-state index is -0.974. The van der Waals surface area contributed by atoms with E-state index in [0.29, 0.717) is 53.8 Å². The number of aromatic hydroxyl groups is 1. The molecule has 0 saturated heterocycles. The highest BCUT2D eigenvalue weighted by Gasteiger charge is 2.44. The first-order valence-corrected chi connectivity index (χ1v) is 25.7. The molecule has 6 bridgehead atoms. The lowest BCUT2D eigenvalue weighted by Gasteiger charge is -2.47. The molecule has 1 N–H and O–H groups in total. The van der Waals surface area contributed by atoms with Crippen molar-refractivity contribution in [1.82, 2.24) is 0 Å². The molecule has 0 spiro atoms. The molecule has 0 amide bonds. The van der Waals surface area contributed by atoms with Gasteiger partial charge in [0.15, 0.2) is 34.5 Å². The van der Waals surface area contributed by atoms with E-state index in [9.17, 15) is 24.9 Å². The predicted molar refractivity (Wildman–Crippen MR) is 263 cm³/mol. The number of carboxylic acids is 2. The van der Waals surface area contributed by atoms with Crippen molar-refractivity contribution in [2.75, 3.05) is 61.6 Å². The van der Waals surface area contributed by atoms with Crippen LogP contribution in [-0.4, -0.2) is 87.6 Å². The fourth-order valence-electron chi connectivity index (χ4n) is 11.4. The van der Waals surface area contributed by atoms with Crippen molar-refractivity contribution in [2.24, 2.45) is 0 Å². The van der Waals surface area contributed by atoms with Gasteiger partial charge in [-0.25, -0.2) is 0 Å². The van der Waals surface area contributed by atoms with Gasteiger partial charge in [0.25, 0.3) is 0 Å². The van der Waals surface area contributed by atoms with Gasteiger partial charge in [-0.2, -0.15) is 0 Å². The predicted octanol–water partition coefficient (Wildman–Crippen LogP) is 9.63.